The number of aryl methyl sites for hydroxylation is 1. The van der Waals surface area contributed by atoms with E-state index in [9.17, 15) is 4.79 Å². The maximum Gasteiger partial charge on any atom is 0.266 e. The van der Waals surface area contributed by atoms with Gasteiger partial charge in [0, 0.05) is 56.9 Å². The van der Waals surface area contributed by atoms with Crippen molar-refractivity contribution >= 4 is 0 Å². The van der Waals surface area contributed by atoms with Gasteiger partial charge in [0.15, 0.2) is 5.82 Å². The molecule has 8 nitrogen and oxygen atoms in total. The molecule has 27 heavy (non-hydrogen) atoms. The first-order chi connectivity index (χ1) is 13.2. The minimum atomic E-state index is -0.0513. The monoisotopic (exact) mass is 367 g/mol. The molecule has 0 saturated carbocycles. The van der Waals surface area contributed by atoms with Crippen molar-refractivity contribution in [1.82, 2.24) is 34.0 Å². The zero-order valence-corrected chi connectivity index (χ0v) is 15.6. The van der Waals surface area contributed by atoms with Crippen LogP contribution in [0.25, 0.3) is 5.82 Å². The first kappa shape index (κ1) is 17.7. The van der Waals surface area contributed by atoms with E-state index < -0.39 is 0 Å². The quantitative estimate of drug-likeness (QED) is 0.653. The lowest BCUT2D eigenvalue weighted by atomic mass is 9.96. The van der Waals surface area contributed by atoms with Crippen LogP contribution in [0.1, 0.15) is 18.5 Å². The molecule has 4 heterocycles. The van der Waals surface area contributed by atoms with Crippen LogP contribution in [0, 0.1) is 5.92 Å². The topological polar surface area (TPSA) is 73.8 Å². The molecule has 0 radical (unpaired) electrons. The molecule has 8 heteroatoms. The third-order valence-electron chi connectivity index (χ3n) is 5.33. The maximum absolute atomic E-state index is 12.2. The molecule has 0 spiro atoms. The summed E-state index contributed by atoms with van der Waals surface area (Å²) in [5.74, 6) is 1.16. The van der Waals surface area contributed by atoms with Crippen LogP contribution in [-0.2, 0) is 20.0 Å². The molecule has 3 aromatic heterocycles. The van der Waals surface area contributed by atoms with E-state index >= 15 is 0 Å². The van der Waals surface area contributed by atoms with E-state index in [1.54, 1.807) is 27.7 Å². The Morgan fingerprint density at radius 3 is 2.78 bits per heavy atom. The first-order valence-corrected chi connectivity index (χ1v) is 9.45. The van der Waals surface area contributed by atoms with Crippen LogP contribution in [-0.4, -0.2) is 53.6 Å². The van der Waals surface area contributed by atoms with Crippen molar-refractivity contribution < 1.29 is 0 Å². The number of imidazole rings is 1. The highest BCUT2D eigenvalue weighted by molar-refractivity contribution is 5.17. The summed E-state index contributed by atoms with van der Waals surface area (Å²) < 4.78 is 5.35. The van der Waals surface area contributed by atoms with Gasteiger partial charge in [0.2, 0.25) is 0 Å². The molecule has 1 aliphatic rings. The molecule has 0 amide bonds. The normalized spacial score (nSPS) is 16.0. The molecule has 3 aromatic rings. The second-order valence-corrected chi connectivity index (χ2v) is 7.19. The fourth-order valence-electron chi connectivity index (χ4n) is 3.63. The third-order valence-corrected chi connectivity index (χ3v) is 5.33. The number of hydrogen-bond acceptors (Lipinski definition) is 5. The van der Waals surface area contributed by atoms with E-state index in [1.165, 1.54) is 5.69 Å². The van der Waals surface area contributed by atoms with Gasteiger partial charge in [-0.05, 0) is 44.0 Å². The summed E-state index contributed by atoms with van der Waals surface area (Å²) in [7, 11) is 2.04. The molecule has 0 atom stereocenters. The molecule has 1 fully saturated rings. The minimum Gasteiger partial charge on any atom is -0.338 e. The van der Waals surface area contributed by atoms with E-state index in [0.717, 1.165) is 38.9 Å². The molecular weight excluding hydrogens is 342 g/mol. The number of piperidine rings is 1. The Hall–Kier alpha value is -2.74. The molecule has 1 saturated heterocycles. The Bertz CT molecular complexity index is 920. The highest BCUT2D eigenvalue weighted by atomic mass is 16.1. The van der Waals surface area contributed by atoms with Crippen molar-refractivity contribution in [2.24, 2.45) is 13.0 Å². The lowest BCUT2D eigenvalue weighted by Crippen LogP contribution is -2.38. The van der Waals surface area contributed by atoms with Crippen molar-refractivity contribution in [2.45, 2.75) is 25.8 Å². The summed E-state index contributed by atoms with van der Waals surface area (Å²) in [5, 5.41) is 8.68. The highest BCUT2D eigenvalue weighted by Crippen LogP contribution is 2.18. The lowest BCUT2D eigenvalue weighted by molar-refractivity contribution is 0.171. The first-order valence-electron chi connectivity index (χ1n) is 9.45. The van der Waals surface area contributed by atoms with Crippen molar-refractivity contribution in [1.29, 1.82) is 0 Å². The van der Waals surface area contributed by atoms with E-state index in [4.69, 9.17) is 0 Å². The van der Waals surface area contributed by atoms with Gasteiger partial charge in [-0.1, -0.05) is 0 Å². The molecule has 142 valence electrons. The van der Waals surface area contributed by atoms with Crippen LogP contribution in [0.5, 0.6) is 0 Å². The Morgan fingerprint density at radius 1 is 1.22 bits per heavy atom. The van der Waals surface area contributed by atoms with Gasteiger partial charge < -0.3 is 9.47 Å². The van der Waals surface area contributed by atoms with E-state index in [-0.39, 0.29) is 5.56 Å². The summed E-state index contributed by atoms with van der Waals surface area (Å²) in [4.78, 5) is 18.9. The maximum atomic E-state index is 12.2. The van der Waals surface area contributed by atoms with Gasteiger partial charge in [-0.25, -0.2) is 14.3 Å². The molecule has 0 aliphatic carbocycles. The van der Waals surface area contributed by atoms with Gasteiger partial charge in [0.25, 0.3) is 5.56 Å². The fourth-order valence-corrected chi connectivity index (χ4v) is 3.63. The second-order valence-electron chi connectivity index (χ2n) is 7.19. The Kier molecular flexibility index (Phi) is 5.15. The molecule has 0 aromatic carbocycles. The number of rotatable bonds is 6. The summed E-state index contributed by atoms with van der Waals surface area (Å²) >= 11 is 0. The summed E-state index contributed by atoms with van der Waals surface area (Å²) in [6, 6.07) is 5.14. The van der Waals surface area contributed by atoms with E-state index in [0.29, 0.717) is 18.3 Å². The summed E-state index contributed by atoms with van der Waals surface area (Å²) in [6.45, 7) is 3.86. The molecule has 0 unspecified atom stereocenters. The molecular formula is C19H25N7O. The standard InChI is InChI=1S/C19H25N7O/c1-23-15-20-13-17(23)7-12-24-10-5-16(6-11-24)14-26-19(27)4-3-18(22-26)25-9-2-8-21-25/h2-4,8-9,13,15-16H,5-7,10-12,14H2,1H3. The van der Waals surface area contributed by atoms with E-state index in [2.05, 4.69) is 24.6 Å². The van der Waals surface area contributed by atoms with Crippen LogP contribution in [0.4, 0.5) is 0 Å². The van der Waals surface area contributed by atoms with Crippen molar-refractivity contribution in [3.05, 3.63) is 59.2 Å². The van der Waals surface area contributed by atoms with Crippen molar-refractivity contribution in [3.8, 4) is 5.82 Å². The van der Waals surface area contributed by atoms with Crippen LogP contribution >= 0.6 is 0 Å². The van der Waals surface area contributed by atoms with Gasteiger partial charge in [-0.2, -0.15) is 5.10 Å². The van der Waals surface area contributed by atoms with Crippen LogP contribution < -0.4 is 5.56 Å². The molecule has 0 N–H and O–H groups in total. The fraction of sp³-hybridized carbons (Fsp3) is 0.474. The zero-order chi connectivity index (χ0) is 18.6. The predicted molar refractivity (Wildman–Crippen MR) is 102 cm³/mol. The van der Waals surface area contributed by atoms with Crippen molar-refractivity contribution in [2.75, 3.05) is 19.6 Å². The van der Waals surface area contributed by atoms with Crippen molar-refractivity contribution in [3.63, 3.8) is 0 Å². The van der Waals surface area contributed by atoms with Gasteiger partial charge in [0.1, 0.15) is 0 Å². The van der Waals surface area contributed by atoms with Gasteiger partial charge >= 0.3 is 0 Å². The average Bonchev–Trinajstić information content (AvgIpc) is 3.35. The Balaban J connectivity index is 1.32. The Labute approximate surface area is 158 Å². The smallest absolute Gasteiger partial charge is 0.266 e. The molecule has 4 rings (SSSR count). The molecule has 1 aliphatic heterocycles. The number of aromatic nitrogens is 6. The third kappa shape index (κ3) is 4.16. The van der Waals surface area contributed by atoms with Gasteiger partial charge in [-0.15, -0.1) is 5.10 Å². The Morgan fingerprint density at radius 2 is 2.07 bits per heavy atom. The molecule has 0 bridgehead atoms. The number of likely N-dealkylation sites (tertiary alicyclic amines) is 1. The van der Waals surface area contributed by atoms with Crippen LogP contribution in [0.15, 0.2) is 47.9 Å². The van der Waals surface area contributed by atoms with Gasteiger partial charge in [-0.3, -0.25) is 4.79 Å². The highest BCUT2D eigenvalue weighted by Gasteiger charge is 2.20. The average molecular weight is 367 g/mol. The van der Waals surface area contributed by atoms with Crippen LogP contribution in [0.3, 0.4) is 0 Å². The van der Waals surface area contributed by atoms with Crippen LogP contribution in [0.2, 0.25) is 0 Å². The minimum absolute atomic E-state index is 0.0513. The summed E-state index contributed by atoms with van der Waals surface area (Å²) in [5.41, 5.74) is 1.22. The predicted octanol–water partition coefficient (Wildman–Crippen LogP) is 1.12. The van der Waals surface area contributed by atoms with Gasteiger partial charge in [0.05, 0.1) is 6.33 Å². The zero-order valence-electron chi connectivity index (χ0n) is 15.6. The second kappa shape index (κ2) is 7.87. The number of hydrogen-bond donors (Lipinski definition) is 0. The lowest BCUT2D eigenvalue weighted by Gasteiger charge is -2.31. The van der Waals surface area contributed by atoms with E-state index in [1.807, 2.05) is 31.8 Å². The largest absolute Gasteiger partial charge is 0.338 e. The SMILES string of the molecule is Cn1cncc1CCN1CCC(Cn2nc(-n3cccn3)ccc2=O)CC1. The summed E-state index contributed by atoms with van der Waals surface area (Å²) in [6.07, 6.45) is 10.5. The number of nitrogens with zero attached hydrogens (tertiary/aromatic N) is 7.